The molecule has 22 heavy (non-hydrogen) atoms. The Hall–Kier alpha value is -1.43. The molecule has 0 saturated carbocycles. The van der Waals surface area contributed by atoms with E-state index >= 15 is 0 Å². The number of hydrogen-bond acceptors (Lipinski definition) is 5. The molecule has 120 valence electrons. The quantitative estimate of drug-likeness (QED) is 0.812. The number of hydrogen-bond donors (Lipinski definition) is 1. The minimum absolute atomic E-state index is 0.188. The van der Waals surface area contributed by atoms with Gasteiger partial charge in [0.2, 0.25) is 0 Å². The summed E-state index contributed by atoms with van der Waals surface area (Å²) in [5.74, 6) is 0. The minimum Gasteiger partial charge on any atom is -0.395 e. The van der Waals surface area contributed by atoms with Gasteiger partial charge in [0.1, 0.15) is 0 Å². The largest absolute Gasteiger partial charge is 0.395 e. The van der Waals surface area contributed by atoms with Gasteiger partial charge < -0.3 is 10.0 Å². The second kappa shape index (κ2) is 8.27. The Morgan fingerprint density at radius 2 is 1.86 bits per heavy atom. The van der Waals surface area contributed by atoms with Crippen molar-refractivity contribution in [2.45, 2.75) is 19.9 Å². The molecular formula is C17H25N3OS. The van der Waals surface area contributed by atoms with Gasteiger partial charge in [0.05, 0.1) is 12.3 Å². The highest BCUT2D eigenvalue weighted by molar-refractivity contribution is 7.15. The van der Waals surface area contributed by atoms with Crippen molar-refractivity contribution in [2.75, 3.05) is 38.7 Å². The number of anilines is 1. The number of aromatic nitrogens is 1. The predicted octanol–water partition coefficient (Wildman–Crippen LogP) is 2.55. The fraction of sp³-hybridized carbons (Fsp3) is 0.471. The number of nitrogens with zero attached hydrogens (tertiary/aromatic N) is 3. The van der Waals surface area contributed by atoms with E-state index in [1.54, 1.807) is 11.3 Å². The Bertz CT molecular complexity index is 569. The molecule has 0 saturated heterocycles. The molecule has 0 unspecified atom stereocenters. The smallest absolute Gasteiger partial charge is 0.185 e. The molecule has 0 aliphatic carbocycles. The zero-order valence-electron chi connectivity index (χ0n) is 13.6. The second-order valence-electron chi connectivity index (χ2n) is 5.63. The number of thiazole rings is 1. The maximum Gasteiger partial charge on any atom is 0.185 e. The molecule has 1 aromatic carbocycles. The van der Waals surface area contributed by atoms with Crippen molar-refractivity contribution in [3.63, 3.8) is 0 Å². The van der Waals surface area contributed by atoms with E-state index in [1.165, 1.54) is 10.4 Å². The molecule has 0 aliphatic heterocycles. The fourth-order valence-electron chi connectivity index (χ4n) is 2.30. The van der Waals surface area contributed by atoms with Gasteiger partial charge in [0.25, 0.3) is 0 Å². The number of aliphatic hydroxyl groups is 1. The Labute approximate surface area is 137 Å². The third-order valence-electron chi connectivity index (χ3n) is 3.61. The van der Waals surface area contributed by atoms with E-state index in [9.17, 15) is 5.11 Å². The van der Waals surface area contributed by atoms with E-state index in [-0.39, 0.29) is 6.61 Å². The van der Waals surface area contributed by atoms with Crippen LogP contribution in [0.5, 0.6) is 0 Å². The van der Waals surface area contributed by atoms with Gasteiger partial charge in [-0.05, 0) is 18.9 Å². The van der Waals surface area contributed by atoms with Crippen LogP contribution in [0.25, 0.3) is 0 Å². The number of aliphatic hydroxyl groups excluding tert-OH is 1. The van der Waals surface area contributed by atoms with Gasteiger partial charge in [-0.15, -0.1) is 11.3 Å². The summed E-state index contributed by atoms with van der Waals surface area (Å²) in [4.78, 5) is 10.2. The van der Waals surface area contributed by atoms with E-state index in [1.807, 2.05) is 25.1 Å². The molecule has 1 heterocycles. The van der Waals surface area contributed by atoms with E-state index < -0.39 is 0 Å². The average molecular weight is 319 g/mol. The van der Waals surface area contributed by atoms with E-state index in [2.05, 4.69) is 41.1 Å². The van der Waals surface area contributed by atoms with Gasteiger partial charge >= 0.3 is 0 Å². The number of benzene rings is 1. The van der Waals surface area contributed by atoms with Crippen LogP contribution in [-0.2, 0) is 13.0 Å². The zero-order valence-corrected chi connectivity index (χ0v) is 14.4. The summed E-state index contributed by atoms with van der Waals surface area (Å²) in [5, 5.41) is 10.4. The molecule has 2 aromatic rings. The summed E-state index contributed by atoms with van der Waals surface area (Å²) in [6.07, 6.45) is 0.999. The van der Waals surface area contributed by atoms with Crippen molar-refractivity contribution in [2.24, 2.45) is 0 Å². The molecule has 0 amide bonds. The molecule has 0 radical (unpaired) electrons. The van der Waals surface area contributed by atoms with Gasteiger partial charge in [-0.25, -0.2) is 4.98 Å². The van der Waals surface area contributed by atoms with E-state index in [0.29, 0.717) is 6.54 Å². The van der Waals surface area contributed by atoms with Crippen molar-refractivity contribution in [1.29, 1.82) is 0 Å². The van der Waals surface area contributed by atoms with Crippen LogP contribution < -0.4 is 4.90 Å². The highest BCUT2D eigenvalue weighted by atomic mass is 32.1. The second-order valence-corrected chi connectivity index (χ2v) is 6.70. The normalized spacial score (nSPS) is 11.1. The van der Waals surface area contributed by atoms with Crippen LogP contribution in [0.2, 0.25) is 0 Å². The number of rotatable bonds is 8. The van der Waals surface area contributed by atoms with E-state index in [0.717, 1.165) is 30.3 Å². The van der Waals surface area contributed by atoms with Crippen molar-refractivity contribution < 1.29 is 5.11 Å². The highest BCUT2D eigenvalue weighted by Gasteiger charge is 2.13. The van der Waals surface area contributed by atoms with Crippen LogP contribution in [0.1, 0.15) is 16.1 Å². The first kappa shape index (κ1) is 16.9. The highest BCUT2D eigenvalue weighted by Crippen LogP contribution is 2.25. The molecule has 1 N–H and O–H groups in total. The maximum atomic E-state index is 9.31. The standard InChI is InChI=1S/C17H25N3OS/c1-14-16(22-17(18-14)19(2)3)13-20(11-12-21)10-9-15-7-5-4-6-8-15/h4-8,21H,9-13H2,1-3H3. The predicted molar refractivity (Wildman–Crippen MR) is 93.7 cm³/mol. The maximum absolute atomic E-state index is 9.31. The Kier molecular flexibility index (Phi) is 6.36. The molecular weight excluding hydrogens is 294 g/mol. The third kappa shape index (κ3) is 4.80. The molecule has 0 fully saturated rings. The Morgan fingerprint density at radius 1 is 1.14 bits per heavy atom. The van der Waals surface area contributed by atoms with Crippen molar-refractivity contribution >= 4 is 16.5 Å². The van der Waals surface area contributed by atoms with Gasteiger partial charge in [0.15, 0.2) is 5.13 Å². The van der Waals surface area contributed by atoms with Crippen LogP contribution in [0.15, 0.2) is 30.3 Å². The van der Waals surface area contributed by atoms with Crippen molar-refractivity contribution in [1.82, 2.24) is 9.88 Å². The van der Waals surface area contributed by atoms with Crippen LogP contribution in [0, 0.1) is 6.92 Å². The first-order valence-electron chi connectivity index (χ1n) is 7.61. The lowest BCUT2D eigenvalue weighted by atomic mass is 10.1. The van der Waals surface area contributed by atoms with Crippen LogP contribution >= 0.6 is 11.3 Å². The molecule has 0 atom stereocenters. The average Bonchev–Trinajstić information content (AvgIpc) is 2.87. The molecule has 5 heteroatoms. The lowest BCUT2D eigenvalue weighted by Gasteiger charge is -2.20. The molecule has 1 aromatic heterocycles. The summed E-state index contributed by atoms with van der Waals surface area (Å²) in [6, 6.07) is 10.5. The Morgan fingerprint density at radius 3 is 2.45 bits per heavy atom. The lowest BCUT2D eigenvalue weighted by Crippen LogP contribution is -2.28. The summed E-state index contributed by atoms with van der Waals surface area (Å²) >= 11 is 1.73. The Balaban J connectivity index is 1.99. The van der Waals surface area contributed by atoms with Gasteiger partial charge in [0, 0.05) is 38.6 Å². The SMILES string of the molecule is Cc1nc(N(C)C)sc1CN(CCO)CCc1ccccc1. The van der Waals surface area contributed by atoms with Crippen LogP contribution in [0.4, 0.5) is 5.13 Å². The third-order valence-corrected chi connectivity index (χ3v) is 4.92. The fourth-order valence-corrected chi connectivity index (χ4v) is 3.32. The van der Waals surface area contributed by atoms with Crippen LogP contribution in [-0.4, -0.2) is 48.8 Å². The summed E-state index contributed by atoms with van der Waals surface area (Å²) in [7, 11) is 4.03. The van der Waals surface area contributed by atoms with Crippen molar-refractivity contribution in [3.8, 4) is 0 Å². The molecule has 0 spiro atoms. The number of aryl methyl sites for hydroxylation is 1. The molecule has 4 nitrogen and oxygen atoms in total. The topological polar surface area (TPSA) is 39.6 Å². The van der Waals surface area contributed by atoms with E-state index in [4.69, 9.17) is 0 Å². The molecule has 0 bridgehead atoms. The monoisotopic (exact) mass is 319 g/mol. The summed E-state index contributed by atoms with van der Waals surface area (Å²) < 4.78 is 0. The summed E-state index contributed by atoms with van der Waals surface area (Å²) in [6.45, 7) is 4.74. The summed E-state index contributed by atoms with van der Waals surface area (Å²) in [5.41, 5.74) is 2.43. The molecule has 0 aliphatic rings. The minimum atomic E-state index is 0.188. The van der Waals surface area contributed by atoms with Gasteiger partial charge in [-0.3, -0.25) is 4.90 Å². The zero-order chi connectivity index (χ0) is 15.9. The first-order chi connectivity index (χ1) is 10.6. The molecule has 2 rings (SSSR count). The lowest BCUT2D eigenvalue weighted by molar-refractivity contribution is 0.192. The van der Waals surface area contributed by atoms with Gasteiger partial charge in [-0.2, -0.15) is 0 Å². The first-order valence-corrected chi connectivity index (χ1v) is 8.42. The van der Waals surface area contributed by atoms with Crippen molar-refractivity contribution in [3.05, 3.63) is 46.5 Å². The van der Waals surface area contributed by atoms with Gasteiger partial charge in [-0.1, -0.05) is 30.3 Å². The van der Waals surface area contributed by atoms with Crippen LogP contribution in [0.3, 0.4) is 0 Å².